The highest BCUT2D eigenvalue weighted by atomic mass is 35.5. The summed E-state index contributed by atoms with van der Waals surface area (Å²) in [5, 5.41) is 3.85. The minimum atomic E-state index is -0.160. The van der Waals surface area contributed by atoms with Crippen LogP contribution >= 0.6 is 11.6 Å². The van der Waals surface area contributed by atoms with Gasteiger partial charge in [-0.05, 0) is 23.6 Å². The predicted octanol–water partition coefficient (Wildman–Crippen LogP) is 3.05. The molecule has 31 heavy (non-hydrogen) atoms. The molecule has 1 aliphatic heterocycles. The molecule has 3 rings (SSSR count). The molecule has 0 saturated carbocycles. The number of ether oxygens (including phenoxy) is 2. The van der Waals surface area contributed by atoms with E-state index in [-0.39, 0.29) is 11.8 Å². The first-order valence-corrected chi connectivity index (χ1v) is 11.2. The van der Waals surface area contributed by atoms with Gasteiger partial charge in [-0.3, -0.25) is 10.1 Å². The molecule has 7 nitrogen and oxygen atoms in total. The number of hydrogen-bond donors (Lipinski definition) is 1. The topological polar surface area (TPSA) is 67.6 Å². The number of benzene rings is 1. The first-order chi connectivity index (χ1) is 14.9. The molecule has 0 bridgehead atoms. The van der Waals surface area contributed by atoms with Crippen molar-refractivity contribution in [3.8, 4) is 11.5 Å². The first-order valence-electron chi connectivity index (χ1n) is 10.8. The number of halogens is 1. The minimum Gasteiger partial charge on any atom is -0.489 e. The zero-order chi connectivity index (χ0) is 22.2. The van der Waals surface area contributed by atoms with Crippen LogP contribution in [0.3, 0.4) is 0 Å². The normalized spacial score (nSPS) is 14.2. The van der Waals surface area contributed by atoms with E-state index in [9.17, 15) is 4.79 Å². The van der Waals surface area contributed by atoms with Gasteiger partial charge in [-0.1, -0.05) is 37.4 Å². The molecule has 2 aromatic rings. The number of carbonyl (C=O) groups excluding carboxylic acids is 1. The van der Waals surface area contributed by atoms with Crippen LogP contribution in [-0.4, -0.2) is 42.1 Å². The molecule has 0 fully saturated rings. The summed E-state index contributed by atoms with van der Waals surface area (Å²) in [4.78, 5) is 19.2. The van der Waals surface area contributed by atoms with Crippen molar-refractivity contribution in [1.82, 2.24) is 15.2 Å². The molecule has 0 saturated heterocycles. The van der Waals surface area contributed by atoms with E-state index in [1.165, 1.54) is 0 Å². The summed E-state index contributed by atoms with van der Waals surface area (Å²) in [6.45, 7) is 9.71. The van der Waals surface area contributed by atoms with E-state index in [2.05, 4.69) is 24.1 Å². The Kier molecular flexibility index (Phi) is 8.49. The van der Waals surface area contributed by atoms with Crippen molar-refractivity contribution < 1.29 is 18.8 Å². The fourth-order valence-corrected chi connectivity index (χ4v) is 3.82. The van der Waals surface area contributed by atoms with E-state index in [0.29, 0.717) is 62.0 Å². The van der Waals surface area contributed by atoms with Crippen LogP contribution in [0.5, 0.6) is 11.5 Å². The number of amides is 1. The van der Waals surface area contributed by atoms with Crippen molar-refractivity contribution in [2.75, 3.05) is 26.3 Å². The molecular weight excluding hydrogens is 416 g/mol. The zero-order valence-corrected chi connectivity index (χ0v) is 19.3. The Hall–Kier alpha value is -2.38. The molecule has 1 N–H and O–H groups in total. The van der Waals surface area contributed by atoms with Gasteiger partial charge in [0.15, 0.2) is 11.5 Å². The molecular formula is C23H32ClN4O3+. The quantitative estimate of drug-likeness (QED) is 0.598. The zero-order valence-electron chi connectivity index (χ0n) is 18.5. The van der Waals surface area contributed by atoms with Gasteiger partial charge >= 0.3 is 0 Å². The Morgan fingerprint density at radius 3 is 2.84 bits per heavy atom. The van der Waals surface area contributed by atoms with Gasteiger partial charge in [-0.25, -0.2) is 4.57 Å². The lowest BCUT2D eigenvalue weighted by atomic mass is 10.1. The molecule has 1 unspecified atom stereocenters. The maximum absolute atomic E-state index is 13.2. The second-order valence-corrected chi connectivity index (χ2v) is 8.76. The number of fused-ring (bicyclic) bond motifs is 1. The number of aromatic nitrogens is 2. The first kappa shape index (κ1) is 23.3. The van der Waals surface area contributed by atoms with Crippen molar-refractivity contribution in [2.45, 2.75) is 40.4 Å². The third kappa shape index (κ3) is 6.80. The lowest BCUT2D eigenvalue weighted by Crippen LogP contribution is -2.45. The highest BCUT2D eigenvalue weighted by Crippen LogP contribution is 2.38. The van der Waals surface area contributed by atoms with Crippen LogP contribution in [0.25, 0.3) is 0 Å². The average Bonchev–Trinajstić information content (AvgIpc) is 2.99. The van der Waals surface area contributed by atoms with Gasteiger partial charge in [0.2, 0.25) is 5.91 Å². The van der Waals surface area contributed by atoms with Crippen molar-refractivity contribution in [2.24, 2.45) is 11.8 Å². The third-order valence-corrected chi connectivity index (χ3v) is 5.24. The Bertz CT molecular complexity index is 863. The van der Waals surface area contributed by atoms with Crippen LogP contribution in [0.2, 0.25) is 5.02 Å². The monoisotopic (exact) mass is 447 g/mol. The van der Waals surface area contributed by atoms with Gasteiger partial charge in [0.1, 0.15) is 12.9 Å². The minimum absolute atomic E-state index is 0.112. The highest BCUT2D eigenvalue weighted by Gasteiger charge is 2.23. The highest BCUT2D eigenvalue weighted by molar-refractivity contribution is 6.32. The van der Waals surface area contributed by atoms with Crippen molar-refractivity contribution in [1.29, 1.82) is 0 Å². The summed E-state index contributed by atoms with van der Waals surface area (Å²) in [5.41, 5.74) is 0.939. The van der Waals surface area contributed by atoms with Crippen LogP contribution in [0, 0.1) is 11.8 Å². The number of hydrogen-bond acceptors (Lipinski definition) is 5. The summed E-state index contributed by atoms with van der Waals surface area (Å²) >= 11 is 6.45. The number of carbonyl (C=O) groups is 1. The van der Waals surface area contributed by atoms with Gasteiger partial charge in [0.25, 0.3) is 6.33 Å². The van der Waals surface area contributed by atoms with Crippen molar-refractivity contribution in [3.05, 3.63) is 47.5 Å². The standard InChI is InChI=1S/C23H32ClN4O3/c1-17(2)13-28(23(29)18(3)12-26-16-27-7-4-6-25-15-27)14-19-10-20(24)22-21(11-19)30-8-5-9-31-22/h4,6-7,10-11,15,17-18,26H,5,8-9,12-14,16H2,1-3H3/q+1. The SMILES string of the molecule is CC(C)CN(Cc1cc(Cl)c2c(c1)OCCCO2)C(=O)C(C)CNC[n+]1cccnc1. The van der Waals surface area contributed by atoms with Crippen LogP contribution < -0.4 is 19.4 Å². The average molecular weight is 448 g/mol. The van der Waals surface area contributed by atoms with Crippen LogP contribution in [0.15, 0.2) is 36.9 Å². The Balaban J connectivity index is 1.65. The fraction of sp³-hybridized carbons (Fsp3) is 0.522. The summed E-state index contributed by atoms with van der Waals surface area (Å²) in [7, 11) is 0. The summed E-state index contributed by atoms with van der Waals surface area (Å²) in [6.07, 6.45) is 6.24. The number of rotatable bonds is 9. The van der Waals surface area contributed by atoms with Crippen molar-refractivity contribution >= 4 is 17.5 Å². The van der Waals surface area contributed by atoms with Gasteiger partial charge < -0.3 is 14.4 Å². The smallest absolute Gasteiger partial charge is 0.287 e. The van der Waals surface area contributed by atoms with E-state index < -0.39 is 0 Å². The van der Waals surface area contributed by atoms with E-state index in [1.54, 1.807) is 12.5 Å². The number of nitrogens with zero attached hydrogens (tertiary/aromatic N) is 3. The lowest BCUT2D eigenvalue weighted by Gasteiger charge is -2.28. The molecule has 1 aliphatic rings. The molecule has 1 aromatic carbocycles. The summed E-state index contributed by atoms with van der Waals surface area (Å²) < 4.78 is 13.5. The van der Waals surface area contributed by atoms with E-state index >= 15 is 0 Å². The largest absolute Gasteiger partial charge is 0.489 e. The van der Waals surface area contributed by atoms with Gasteiger partial charge in [-0.15, -0.1) is 0 Å². The molecule has 1 aromatic heterocycles. The van der Waals surface area contributed by atoms with Gasteiger partial charge in [-0.2, -0.15) is 0 Å². The van der Waals surface area contributed by atoms with E-state index in [0.717, 1.165) is 12.0 Å². The fourth-order valence-electron chi connectivity index (χ4n) is 3.53. The molecule has 0 spiro atoms. The maximum atomic E-state index is 13.2. The molecule has 1 atom stereocenters. The van der Waals surface area contributed by atoms with Crippen LogP contribution in [-0.2, 0) is 18.0 Å². The summed E-state index contributed by atoms with van der Waals surface area (Å²) in [6, 6.07) is 5.69. The molecule has 168 valence electrons. The van der Waals surface area contributed by atoms with Crippen LogP contribution in [0.4, 0.5) is 0 Å². The van der Waals surface area contributed by atoms with Gasteiger partial charge in [0, 0.05) is 38.0 Å². The predicted molar refractivity (Wildman–Crippen MR) is 119 cm³/mol. The molecule has 8 heteroatoms. The Morgan fingerprint density at radius 1 is 1.29 bits per heavy atom. The Morgan fingerprint density at radius 2 is 2.10 bits per heavy atom. The molecule has 2 heterocycles. The number of nitrogens with one attached hydrogen (secondary N) is 1. The van der Waals surface area contributed by atoms with Crippen LogP contribution in [0.1, 0.15) is 32.8 Å². The molecule has 0 radical (unpaired) electrons. The van der Waals surface area contributed by atoms with Crippen molar-refractivity contribution in [3.63, 3.8) is 0 Å². The molecule has 1 amide bonds. The third-order valence-electron chi connectivity index (χ3n) is 4.96. The Labute approximate surface area is 189 Å². The van der Waals surface area contributed by atoms with E-state index in [1.807, 2.05) is 40.8 Å². The van der Waals surface area contributed by atoms with Gasteiger partial charge in [0.05, 0.1) is 24.4 Å². The second kappa shape index (κ2) is 11.3. The lowest BCUT2D eigenvalue weighted by molar-refractivity contribution is -0.704. The molecule has 0 aliphatic carbocycles. The summed E-state index contributed by atoms with van der Waals surface area (Å²) in [5.74, 6) is 1.55. The second-order valence-electron chi connectivity index (χ2n) is 8.35. The van der Waals surface area contributed by atoms with E-state index in [4.69, 9.17) is 21.1 Å². The maximum Gasteiger partial charge on any atom is 0.287 e.